The summed E-state index contributed by atoms with van der Waals surface area (Å²) in [5, 5.41) is 2.83. The molecule has 0 bridgehead atoms. The molecule has 1 aliphatic rings. The van der Waals surface area contributed by atoms with Crippen molar-refractivity contribution in [2.75, 3.05) is 5.32 Å². The lowest BCUT2D eigenvalue weighted by Crippen LogP contribution is -2.15. The number of amides is 1. The molecular weight excluding hydrogens is 405 g/mol. The number of halogens is 2. The van der Waals surface area contributed by atoms with Crippen LogP contribution in [0.25, 0.3) is 16.8 Å². The minimum absolute atomic E-state index is 0. The third kappa shape index (κ3) is 3.76. The van der Waals surface area contributed by atoms with Crippen molar-refractivity contribution in [2.45, 2.75) is 25.7 Å². The zero-order valence-electron chi connectivity index (χ0n) is 16.2. The molecule has 0 spiro atoms. The normalized spacial score (nSPS) is 13.1. The van der Waals surface area contributed by atoms with Crippen LogP contribution in [0.1, 0.15) is 40.8 Å². The molecule has 0 unspecified atom stereocenters. The number of benzene rings is 1. The quantitative estimate of drug-likeness (QED) is 0.512. The van der Waals surface area contributed by atoms with E-state index >= 15 is 0 Å². The molecule has 0 atom stereocenters. The number of rotatable bonds is 4. The molecule has 6 nitrogen and oxygen atoms in total. The van der Waals surface area contributed by atoms with Gasteiger partial charge in [-0.3, -0.25) is 4.79 Å². The van der Waals surface area contributed by atoms with Crippen LogP contribution in [0, 0.1) is 12.7 Å². The van der Waals surface area contributed by atoms with Crippen LogP contribution in [0.3, 0.4) is 0 Å². The third-order valence-corrected chi connectivity index (χ3v) is 5.13. The summed E-state index contributed by atoms with van der Waals surface area (Å²) in [5.41, 5.74) is 5.06. The Morgan fingerprint density at radius 3 is 2.60 bits per heavy atom. The number of aromatic nitrogens is 4. The second-order valence-corrected chi connectivity index (χ2v) is 7.26. The van der Waals surface area contributed by atoms with Crippen LogP contribution >= 0.6 is 12.4 Å². The number of pyridine rings is 1. The lowest BCUT2D eigenvalue weighted by molar-refractivity contribution is 0.101. The Labute approximate surface area is 178 Å². The molecule has 0 radical (unpaired) electrons. The van der Waals surface area contributed by atoms with E-state index in [2.05, 4.69) is 15.3 Å². The van der Waals surface area contributed by atoms with E-state index in [-0.39, 0.29) is 24.0 Å². The second kappa shape index (κ2) is 7.84. The Kier molecular flexibility index (Phi) is 5.22. The topological polar surface area (TPSA) is 72.2 Å². The summed E-state index contributed by atoms with van der Waals surface area (Å²) in [4.78, 5) is 25.5. The van der Waals surface area contributed by atoms with Crippen molar-refractivity contribution in [3.8, 4) is 11.1 Å². The SMILES string of the molecule is Cc1c(C2CC2)nc2ccc(NC(=O)c3ncc(-c4cccc(F)c4)cn3)cn12.Cl. The molecule has 1 aliphatic carbocycles. The first-order valence-corrected chi connectivity index (χ1v) is 9.46. The molecule has 1 aromatic carbocycles. The smallest absolute Gasteiger partial charge is 0.293 e. The van der Waals surface area contributed by atoms with E-state index in [1.165, 1.54) is 37.4 Å². The number of aryl methyl sites for hydroxylation is 1. The van der Waals surface area contributed by atoms with Gasteiger partial charge in [0.05, 0.1) is 11.4 Å². The number of carbonyl (C=O) groups is 1. The number of nitrogens with zero attached hydrogens (tertiary/aromatic N) is 4. The van der Waals surface area contributed by atoms with Gasteiger partial charge in [0, 0.05) is 35.8 Å². The van der Waals surface area contributed by atoms with Crippen molar-refractivity contribution < 1.29 is 9.18 Å². The number of hydrogen-bond donors (Lipinski definition) is 1. The third-order valence-electron chi connectivity index (χ3n) is 5.13. The Morgan fingerprint density at radius 1 is 1.13 bits per heavy atom. The van der Waals surface area contributed by atoms with Gasteiger partial charge in [-0.2, -0.15) is 0 Å². The van der Waals surface area contributed by atoms with Crippen LogP contribution in [0.2, 0.25) is 0 Å². The highest BCUT2D eigenvalue weighted by atomic mass is 35.5. The average molecular weight is 424 g/mol. The monoisotopic (exact) mass is 423 g/mol. The van der Waals surface area contributed by atoms with Crippen LogP contribution < -0.4 is 5.32 Å². The first-order chi connectivity index (χ1) is 14.1. The summed E-state index contributed by atoms with van der Waals surface area (Å²) in [6.45, 7) is 2.05. The van der Waals surface area contributed by atoms with Crippen molar-refractivity contribution in [3.63, 3.8) is 0 Å². The Morgan fingerprint density at radius 2 is 1.90 bits per heavy atom. The average Bonchev–Trinajstić information content (AvgIpc) is 3.52. The van der Waals surface area contributed by atoms with E-state index < -0.39 is 5.91 Å². The van der Waals surface area contributed by atoms with Crippen molar-refractivity contribution in [1.82, 2.24) is 19.4 Å². The molecule has 3 heterocycles. The molecule has 8 heteroatoms. The highest BCUT2D eigenvalue weighted by Crippen LogP contribution is 2.41. The van der Waals surface area contributed by atoms with Gasteiger partial charge < -0.3 is 9.72 Å². The molecule has 30 heavy (non-hydrogen) atoms. The number of imidazole rings is 1. The lowest BCUT2D eigenvalue weighted by atomic mass is 10.1. The van der Waals surface area contributed by atoms with Crippen LogP contribution in [0.5, 0.6) is 0 Å². The Bertz CT molecular complexity index is 1230. The molecule has 1 fully saturated rings. The molecule has 3 aromatic heterocycles. The van der Waals surface area contributed by atoms with Gasteiger partial charge in [0.25, 0.3) is 5.91 Å². The minimum Gasteiger partial charge on any atom is -0.318 e. The van der Waals surface area contributed by atoms with Crippen LogP contribution in [0.15, 0.2) is 55.0 Å². The summed E-state index contributed by atoms with van der Waals surface area (Å²) in [7, 11) is 0. The summed E-state index contributed by atoms with van der Waals surface area (Å²) in [6.07, 6.45) is 7.28. The molecule has 0 saturated heterocycles. The molecule has 0 aliphatic heterocycles. The molecular formula is C22H19ClFN5O. The number of carbonyl (C=O) groups excluding carboxylic acids is 1. The molecule has 1 amide bonds. The molecule has 5 rings (SSSR count). The number of nitrogens with one attached hydrogen (secondary N) is 1. The van der Waals surface area contributed by atoms with Crippen LogP contribution in [-0.4, -0.2) is 25.3 Å². The maximum atomic E-state index is 13.4. The highest BCUT2D eigenvalue weighted by molar-refractivity contribution is 6.01. The number of fused-ring (bicyclic) bond motifs is 1. The zero-order valence-corrected chi connectivity index (χ0v) is 17.0. The largest absolute Gasteiger partial charge is 0.318 e. The van der Waals surface area contributed by atoms with E-state index in [0.29, 0.717) is 22.7 Å². The summed E-state index contributed by atoms with van der Waals surface area (Å²) >= 11 is 0. The standard InChI is InChI=1S/C22H18FN5O.ClH/c1-13-20(14-5-6-14)27-19-8-7-18(12-28(13)19)26-22(29)21-24-10-16(11-25-21)15-3-2-4-17(23)9-15;/h2-4,7-12,14H,5-6H2,1H3,(H,26,29);1H. The minimum atomic E-state index is -0.407. The molecule has 4 aromatic rings. The van der Waals surface area contributed by atoms with Gasteiger partial charge in [-0.25, -0.2) is 19.3 Å². The number of hydrogen-bond acceptors (Lipinski definition) is 4. The highest BCUT2D eigenvalue weighted by Gasteiger charge is 2.28. The van der Waals surface area contributed by atoms with Gasteiger partial charge in [-0.1, -0.05) is 12.1 Å². The maximum absolute atomic E-state index is 13.4. The molecule has 152 valence electrons. The van der Waals surface area contributed by atoms with Gasteiger partial charge >= 0.3 is 0 Å². The van der Waals surface area contributed by atoms with Crippen LogP contribution in [0.4, 0.5) is 10.1 Å². The van der Waals surface area contributed by atoms with E-state index in [4.69, 9.17) is 4.98 Å². The fourth-order valence-electron chi connectivity index (χ4n) is 3.45. The van der Waals surface area contributed by atoms with E-state index in [9.17, 15) is 9.18 Å². The zero-order chi connectivity index (χ0) is 20.0. The van der Waals surface area contributed by atoms with Gasteiger partial charge in [0.1, 0.15) is 11.5 Å². The Balaban J connectivity index is 0.00000218. The van der Waals surface area contributed by atoms with E-state index in [1.807, 2.05) is 29.7 Å². The van der Waals surface area contributed by atoms with Crippen molar-refractivity contribution in [1.29, 1.82) is 0 Å². The van der Waals surface area contributed by atoms with E-state index in [0.717, 1.165) is 17.0 Å². The van der Waals surface area contributed by atoms with Crippen molar-refractivity contribution >= 4 is 29.6 Å². The summed E-state index contributed by atoms with van der Waals surface area (Å²) in [6, 6.07) is 9.86. The van der Waals surface area contributed by atoms with Crippen LogP contribution in [-0.2, 0) is 0 Å². The first-order valence-electron chi connectivity index (χ1n) is 9.46. The predicted molar refractivity (Wildman–Crippen MR) is 115 cm³/mol. The van der Waals surface area contributed by atoms with Crippen molar-refractivity contribution in [2.24, 2.45) is 0 Å². The van der Waals surface area contributed by atoms with Gasteiger partial charge in [0.2, 0.25) is 5.82 Å². The van der Waals surface area contributed by atoms with Gasteiger partial charge in [-0.05, 0) is 49.6 Å². The van der Waals surface area contributed by atoms with E-state index in [1.54, 1.807) is 12.1 Å². The molecule has 1 N–H and O–H groups in total. The predicted octanol–water partition coefficient (Wildman–Crippen LogP) is 4.79. The summed E-state index contributed by atoms with van der Waals surface area (Å²) < 4.78 is 15.4. The van der Waals surface area contributed by atoms with Crippen molar-refractivity contribution in [3.05, 3.63) is 78.0 Å². The molecule has 1 saturated carbocycles. The lowest BCUT2D eigenvalue weighted by Gasteiger charge is -2.06. The Hall–Kier alpha value is -3.32. The van der Waals surface area contributed by atoms with Gasteiger partial charge in [-0.15, -0.1) is 12.4 Å². The number of anilines is 1. The summed E-state index contributed by atoms with van der Waals surface area (Å²) in [5.74, 6) is -0.126. The fraction of sp³-hybridized carbons (Fsp3) is 0.182. The maximum Gasteiger partial charge on any atom is 0.293 e. The fourth-order valence-corrected chi connectivity index (χ4v) is 3.45. The second-order valence-electron chi connectivity index (χ2n) is 7.26. The first kappa shape index (κ1) is 20.0. The van der Waals surface area contributed by atoms with Gasteiger partial charge in [0.15, 0.2) is 0 Å².